The molecule has 1 aliphatic rings. The van der Waals surface area contributed by atoms with Crippen molar-refractivity contribution >= 4 is 28.9 Å². The molecule has 4 nitrogen and oxygen atoms in total. The van der Waals surface area contributed by atoms with Gasteiger partial charge in [-0.05, 0) is 62.2 Å². The highest BCUT2D eigenvalue weighted by molar-refractivity contribution is 6.30. The van der Waals surface area contributed by atoms with Crippen LogP contribution in [-0.4, -0.2) is 25.1 Å². The molecular formula is C19H21ClN2O2. The Morgan fingerprint density at radius 1 is 1.17 bits per heavy atom. The Hall–Kier alpha value is -2.20. The highest BCUT2D eigenvalue weighted by atomic mass is 35.5. The van der Waals surface area contributed by atoms with E-state index in [4.69, 9.17) is 16.3 Å². The van der Waals surface area contributed by atoms with E-state index in [2.05, 4.69) is 10.2 Å². The van der Waals surface area contributed by atoms with Crippen molar-refractivity contribution in [1.29, 1.82) is 0 Å². The number of hydrogen-bond acceptors (Lipinski definition) is 3. The van der Waals surface area contributed by atoms with Crippen LogP contribution >= 0.6 is 11.6 Å². The van der Waals surface area contributed by atoms with Gasteiger partial charge in [0, 0.05) is 29.5 Å². The summed E-state index contributed by atoms with van der Waals surface area (Å²) in [5, 5.41) is 3.46. The number of halogens is 1. The maximum atomic E-state index is 12.3. The second-order valence-electron chi connectivity index (χ2n) is 5.95. The largest absolute Gasteiger partial charge is 0.481 e. The molecule has 1 saturated heterocycles. The molecule has 1 fully saturated rings. The Morgan fingerprint density at radius 2 is 1.88 bits per heavy atom. The Morgan fingerprint density at radius 3 is 2.54 bits per heavy atom. The summed E-state index contributed by atoms with van der Waals surface area (Å²) in [6, 6.07) is 15.0. The molecule has 0 radical (unpaired) electrons. The first kappa shape index (κ1) is 16.7. The lowest BCUT2D eigenvalue weighted by molar-refractivity contribution is -0.122. The number of rotatable bonds is 5. The molecule has 2 aromatic carbocycles. The number of hydrogen-bond donors (Lipinski definition) is 1. The lowest BCUT2D eigenvalue weighted by atomic mass is 10.2. The molecule has 0 bridgehead atoms. The van der Waals surface area contributed by atoms with Crippen LogP contribution in [0.3, 0.4) is 0 Å². The quantitative estimate of drug-likeness (QED) is 0.876. The van der Waals surface area contributed by atoms with Crippen molar-refractivity contribution < 1.29 is 9.53 Å². The van der Waals surface area contributed by atoms with Crippen LogP contribution in [0.4, 0.5) is 11.4 Å². The SMILES string of the molecule is C[C@H](Oc1cccc(Cl)c1)C(=O)Nc1ccc(N2CCCC2)cc1. The molecule has 5 heteroatoms. The zero-order chi connectivity index (χ0) is 16.9. The molecule has 2 aromatic rings. The predicted octanol–water partition coefficient (Wildman–Crippen LogP) is 4.35. The summed E-state index contributed by atoms with van der Waals surface area (Å²) in [7, 11) is 0. The zero-order valence-corrected chi connectivity index (χ0v) is 14.4. The lowest BCUT2D eigenvalue weighted by Crippen LogP contribution is -2.30. The van der Waals surface area contributed by atoms with E-state index >= 15 is 0 Å². The van der Waals surface area contributed by atoms with Gasteiger partial charge < -0.3 is 15.0 Å². The molecular weight excluding hydrogens is 324 g/mol. The van der Waals surface area contributed by atoms with Crippen molar-refractivity contribution in [2.75, 3.05) is 23.3 Å². The number of carbonyl (C=O) groups excluding carboxylic acids is 1. The van der Waals surface area contributed by atoms with Crippen molar-refractivity contribution in [3.63, 3.8) is 0 Å². The van der Waals surface area contributed by atoms with E-state index in [1.165, 1.54) is 18.5 Å². The van der Waals surface area contributed by atoms with E-state index in [0.717, 1.165) is 18.8 Å². The van der Waals surface area contributed by atoms with Crippen LogP contribution in [0.5, 0.6) is 5.75 Å². The van der Waals surface area contributed by atoms with Gasteiger partial charge in [-0.15, -0.1) is 0 Å². The van der Waals surface area contributed by atoms with Crippen molar-refractivity contribution in [2.24, 2.45) is 0 Å². The first-order valence-electron chi connectivity index (χ1n) is 8.20. The lowest BCUT2D eigenvalue weighted by Gasteiger charge is -2.18. The van der Waals surface area contributed by atoms with Crippen molar-refractivity contribution in [2.45, 2.75) is 25.9 Å². The topological polar surface area (TPSA) is 41.6 Å². The average Bonchev–Trinajstić information content (AvgIpc) is 3.10. The molecule has 0 aromatic heterocycles. The smallest absolute Gasteiger partial charge is 0.265 e. The Balaban J connectivity index is 1.57. The summed E-state index contributed by atoms with van der Waals surface area (Å²) < 4.78 is 5.63. The van der Waals surface area contributed by atoms with Crippen LogP contribution in [0, 0.1) is 0 Å². The monoisotopic (exact) mass is 344 g/mol. The van der Waals surface area contributed by atoms with Gasteiger partial charge in [-0.25, -0.2) is 0 Å². The summed E-state index contributed by atoms with van der Waals surface area (Å²) in [6.45, 7) is 3.93. The first-order valence-corrected chi connectivity index (χ1v) is 8.58. The number of carbonyl (C=O) groups is 1. The Kier molecular flexibility index (Phi) is 5.26. The van der Waals surface area contributed by atoms with Gasteiger partial charge in [-0.1, -0.05) is 17.7 Å². The minimum atomic E-state index is -0.610. The van der Waals surface area contributed by atoms with Gasteiger partial charge in [0.15, 0.2) is 6.10 Å². The molecule has 1 N–H and O–H groups in total. The van der Waals surface area contributed by atoms with Gasteiger partial charge >= 0.3 is 0 Å². The molecule has 24 heavy (non-hydrogen) atoms. The minimum absolute atomic E-state index is 0.191. The number of amides is 1. The summed E-state index contributed by atoms with van der Waals surface area (Å²) in [5.74, 6) is 0.387. The standard InChI is InChI=1S/C19H21ClN2O2/c1-14(24-18-6-4-5-15(20)13-18)19(23)21-16-7-9-17(10-8-16)22-11-2-3-12-22/h4-10,13-14H,2-3,11-12H2,1H3,(H,21,23)/t14-/m0/s1. The van der Waals surface area contributed by atoms with Crippen molar-refractivity contribution in [3.05, 3.63) is 53.6 Å². The van der Waals surface area contributed by atoms with Gasteiger partial charge in [0.05, 0.1) is 0 Å². The third-order valence-electron chi connectivity index (χ3n) is 4.08. The fourth-order valence-corrected chi connectivity index (χ4v) is 2.95. The Bertz CT molecular complexity index is 697. The third kappa shape index (κ3) is 4.20. The molecule has 0 spiro atoms. The van der Waals surface area contributed by atoms with E-state index in [1.807, 2.05) is 24.3 Å². The first-order chi connectivity index (χ1) is 11.6. The molecule has 3 rings (SSSR count). The van der Waals surface area contributed by atoms with E-state index in [1.54, 1.807) is 31.2 Å². The van der Waals surface area contributed by atoms with Crippen molar-refractivity contribution in [1.82, 2.24) is 0 Å². The maximum Gasteiger partial charge on any atom is 0.265 e. The fraction of sp³-hybridized carbons (Fsp3) is 0.316. The number of ether oxygens (including phenoxy) is 1. The summed E-state index contributed by atoms with van der Waals surface area (Å²) in [5.41, 5.74) is 1.97. The average molecular weight is 345 g/mol. The number of benzene rings is 2. The van der Waals surface area contributed by atoms with E-state index in [9.17, 15) is 4.79 Å². The van der Waals surface area contributed by atoms with Crippen molar-refractivity contribution in [3.8, 4) is 5.75 Å². The van der Waals surface area contributed by atoms with Gasteiger partial charge in [-0.2, -0.15) is 0 Å². The van der Waals surface area contributed by atoms with E-state index in [-0.39, 0.29) is 5.91 Å². The molecule has 0 unspecified atom stereocenters. The predicted molar refractivity (Wildman–Crippen MR) is 98.1 cm³/mol. The maximum absolute atomic E-state index is 12.3. The molecule has 1 atom stereocenters. The highest BCUT2D eigenvalue weighted by Gasteiger charge is 2.16. The number of nitrogens with zero attached hydrogens (tertiary/aromatic N) is 1. The minimum Gasteiger partial charge on any atom is -0.481 e. The van der Waals surface area contributed by atoms with E-state index < -0.39 is 6.10 Å². The second kappa shape index (κ2) is 7.58. The van der Waals surface area contributed by atoms with Gasteiger partial charge in [0.2, 0.25) is 0 Å². The van der Waals surface area contributed by atoms with Crippen LogP contribution in [0.25, 0.3) is 0 Å². The highest BCUT2D eigenvalue weighted by Crippen LogP contribution is 2.22. The molecule has 0 aliphatic carbocycles. The molecule has 1 heterocycles. The van der Waals surface area contributed by atoms with Crippen LogP contribution in [0.2, 0.25) is 5.02 Å². The second-order valence-corrected chi connectivity index (χ2v) is 6.38. The summed E-state index contributed by atoms with van der Waals surface area (Å²) in [6.07, 6.45) is 1.88. The molecule has 1 aliphatic heterocycles. The Labute approximate surface area is 147 Å². The number of nitrogens with one attached hydrogen (secondary N) is 1. The fourth-order valence-electron chi connectivity index (χ4n) is 2.77. The third-order valence-corrected chi connectivity index (χ3v) is 4.32. The van der Waals surface area contributed by atoms with Gasteiger partial charge in [-0.3, -0.25) is 4.79 Å². The van der Waals surface area contributed by atoms with E-state index in [0.29, 0.717) is 10.8 Å². The van der Waals surface area contributed by atoms with Gasteiger partial charge in [0.25, 0.3) is 5.91 Å². The molecule has 126 valence electrons. The normalized spacial score (nSPS) is 15.2. The zero-order valence-electron chi connectivity index (χ0n) is 13.7. The number of anilines is 2. The summed E-state index contributed by atoms with van der Waals surface area (Å²) >= 11 is 5.92. The molecule has 0 saturated carbocycles. The van der Waals surface area contributed by atoms with Crippen LogP contribution in [0.15, 0.2) is 48.5 Å². The van der Waals surface area contributed by atoms with Crippen LogP contribution < -0.4 is 15.0 Å². The molecule has 1 amide bonds. The van der Waals surface area contributed by atoms with Gasteiger partial charge in [0.1, 0.15) is 5.75 Å². The van der Waals surface area contributed by atoms with Crippen LogP contribution in [0.1, 0.15) is 19.8 Å². The van der Waals surface area contributed by atoms with Crippen LogP contribution in [-0.2, 0) is 4.79 Å². The summed E-state index contributed by atoms with van der Waals surface area (Å²) in [4.78, 5) is 14.6.